The van der Waals surface area contributed by atoms with E-state index in [2.05, 4.69) is 5.32 Å². The van der Waals surface area contributed by atoms with Gasteiger partial charge < -0.3 is 5.32 Å². The molecule has 9 nitrogen and oxygen atoms in total. The molecule has 0 bridgehead atoms. The zero-order valence-corrected chi connectivity index (χ0v) is 17.3. The normalized spacial score (nSPS) is 11.5. The fourth-order valence-electron chi connectivity index (χ4n) is 2.58. The van der Waals surface area contributed by atoms with E-state index in [4.69, 9.17) is 5.14 Å². The van der Waals surface area contributed by atoms with E-state index in [1.165, 1.54) is 53.8 Å². The second-order valence-corrected chi connectivity index (χ2v) is 8.88. The van der Waals surface area contributed by atoms with Crippen molar-refractivity contribution in [3.05, 3.63) is 81.2 Å². The van der Waals surface area contributed by atoms with E-state index >= 15 is 0 Å². The molecule has 3 aromatic rings. The Kier molecular flexibility index (Phi) is 6.26. The van der Waals surface area contributed by atoms with E-state index in [0.29, 0.717) is 16.1 Å². The Balaban J connectivity index is 1.79. The van der Waals surface area contributed by atoms with E-state index in [1.54, 1.807) is 24.3 Å². The van der Waals surface area contributed by atoms with Crippen molar-refractivity contribution in [1.29, 1.82) is 5.26 Å². The Hall–Kier alpha value is -3.85. The van der Waals surface area contributed by atoms with Crippen molar-refractivity contribution in [1.82, 2.24) is 0 Å². The molecule has 2 aromatic carbocycles. The number of carbonyl (C=O) groups excluding carboxylic acids is 1. The van der Waals surface area contributed by atoms with Crippen molar-refractivity contribution >= 4 is 44.7 Å². The van der Waals surface area contributed by atoms with Gasteiger partial charge in [-0.15, -0.1) is 11.3 Å². The van der Waals surface area contributed by atoms with Gasteiger partial charge in [0.1, 0.15) is 11.6 Å². The van der Waals surface area contributed by atoms with Gasteiger partial charge in [0.15, 0.2) is 0 Å². The van der Waals surface area contributed by atoms with Crippen LogP contribution in [0.1, 0.15) is 4.88 Å². The summed E-state index contributed by atoms with van der Waals surface area (Å²) in [5.41, 5.74) is 0.746. The van der Waals surface area contributed by atoms with Crippen molar-refractivity contribution in [2.24, 2.45) is 5.14 Å². The summed E-state index contributed by atoms with van der Waals surface area (Å²) in [5, 5.41) is 27.9. The van der Waals surface area contributed by atoms with Gasteiger partial charge in [0.05, 0.1) is 9.82 Å². The van der Waals surface area contributed by atoms with E-state index < -0.39 is 20.9 Å². The van der Waals surface area contributed by atoms with Crippen molar-refractivity contribution < 1.29 is 18.1 Å². The maximum Gasteiger partial charge on any atom is 0.270 e. The third-order valence-electron chi connectivity index (χ3n) is 4.06. The van der Waals surface area contributed by atoms with E-state index in [1.807, 2.05) is 6.07 Å². The number of carbonyl (C=O) groups is 1. The van der Waals surface area contributed by atoms with Gasteiger partial charge in [-0.2, -0.15) is 5.26 Å². The number of hydrogen-bond acceptors (Lipinski definition) is 7. The molecule has 0 aliphatic heterocycles. The number of rotatable bonds is 6. The molecule has 3 rings (SSSR count). The molecule has 0 saturated carbocycles. The second kappa shape index (κ2) is 8.88. The first-order chi connectivity index (χ1) is 14.7. The second-order valence-electron chi connectivity index (χ2n) is 6.20. The first kappa shape index (κ1) is 21.8. The van der Waals surface area contributed by atoms with Crippen LogP contribution in [0.3, 0.4) is 0 Å². The van der Waals surface area contributed by atoms with Gasteiger partial charge in [0, 0.05) is 27.6 Å². The molecular weight excluding hydrogens is 440 g/mol. The maximum atomic E-state index is 12.4. The highest BCUT2D eigenvalue weighted by atomic mass is 32.2. The molecule has 0 spiro atoms. The minimum absolute atomic E-state index is 0.0338. The number of amides is 1. The number of nitrogens with one attached hydrogen (secondary N) is 1. The summed E-state index contributed by atoms with van der Waals surface area (Å²) in [4.78, 5) is 24.1. The molecule has 1 amide bonds. The van der Waals surface area contributed by atoms with Crippen LogP contribution in [0.4, 0.5) is 11.4 Å². The Morgan fingerprint density at radius 3 is 2.48 bits per heavy atom. The quantitative estimate of drug-likeness (QED) is 0.251. The summed E-state index contributed by atoms with van der Waals surface area (Å²) in [7, 11) is -3.85. The zero-order valence-electron chi connectivity index (χ0n) is 15.7. The summed E-state index contributed by atoms with van der Waals surface area (Å²) in [6, 6.07) is 16.6. The SMILES string of the molecule is N#C/C(=C\c1ccc(-c2cccc([N+](=O)[O-])c2)s1)C(=O)Nc1ccc(S(N)(=O)=O)cc1. The highest BCUT2D eigenvalue weighted by molar-refractivity contribution is 7.89. The Morgan fingerprint density at radius 2 is 1.87 bits per heavy atom. The molecule has 156 valence electrons. The Bertz CT molecular complexity index is 1340. The van der Waals surface area contributed by atoms with Gasteiger partial charge >= 0.3 is 0 Å². The monoisotopic (exact) mass is 454 g/mol. The van der Waals surface area contributed by atoms with Crippen molar-refractivity contribution in [2.75, 3.05) is 5.32 Å². The van der Waals surface area contributed by atoms with Crippen LogP contribution in [0, 0.1) is 21.4 Å². The maximum absolute atomic E-state index is 12.4. The predicted molar refractivity (Wildman–Crippen MR) is 116 cm³/mol. The van der Waals surface area contributed by atoms with Crippen LogP contribution in [0.5, 0.6) is 0 Å². The third-order valence-corrected chi connectivity index (χ3v) is 6.07. The molecular formula is C20H14N4O5S2. The lowest BCUT2D eigenvalue weighted by Crippen LogP contribution is -2.14. The minimum atomic E-state index is -3.85. The standard InChI is InChI=1S/C20H14N4O5S2/c21-12-14(20(25)23-15-4-7-18(8-5-15)31(22,28)29)11-17-6-9-19(30-17)13-2-1-3-16(10-13)24(26)27/h1-11H,(H,23,25)(H2,22,28,29)/b14-11+. The van der Waals surface area contributed by atoms with Crippen LogP contribution in [0.2, 0.25) is 0 Å². The molecule has 0 aliphatic rings. The molecule has 1 heterocycles. The molecule has 11 heteroatoms. The topological polar surface area (TPSA) is 156 Å². The average molecular weight is 454 g/mol. The van der Waals surface area contributed by atoms with Crippen LogP contribution in [-0.2, 0) is 14.8 Å². The molecule has 0 aliphatic carbocycles. The van der Waals surface area contributed by atoms with Gasteiger partial charge in [-0.25, -0.2) is 13.6 Å². The van der Waals surface area contributed by atoms with Crippen LogP contribution in [0.25, 0.3) is 16.5 Å². The molecule has 0 unspecified atom stereocenters. The lowest BCUT2D eigenvalue weighted by Gasteiger charge is -2.05. The van der Waals surface area contributed by atoms with Crippen LogP contribution in [-0.4, -0.2) is 19.2 Å². The van der Waals surface area contributed by atoms with Crippen molar-refractivity contribution in [3.8, 4) is 16.5 Å². The van der Waals surface area contributed by atoms with Gasteiger partial charge in [-0.1, -0.05) is 12.1 Å². The van der Waals surface area contributed by atoms with Gasteiger partial charge in [0.25, 0.3) is 11.6 Å². The smallest absolute Gasteiger partial charge is 0.270 e. The number of thiophene rings is 1. The lowest BCUT2D eigenvalue weighted by atomic mass is 10.1. The fraction of sp³-hybridized carbons (Fsp3) is 0. The Morgan fingerprint density at radius 1 is 1.16 bits per heavy atom. The van der Waals surface area contributed by atoms with Crippen molar-refractivity contribution in [2.45, 2.75) is 4.90 Å². The first-order valence-corrected chi connectivity index (χ1v) is 10.9. The average Bonchev–Trinajstić information content (AvgIpc) is 3.20. The number of hydrogen-bond donors (Lipinski definition) is 2. The molecule has 0 atom stereocenters. The summed E-state index contributed by atoms with van der Waals surface area (Å²) < 4.78 is 22.6. The molecule has 0 radical (unpaired) electrons. The molecule has 0 fully saturated rings. The molecule has 1 aromatic heterocycles. The van der Waals surface area contributed by atoms with Crippen LogP contribution >= 0.6 is 11.3 Å². The van der Waals surface area contributed by atoms with E-state index in [9.17, 15) is 28.6 Å². The van der Waals surface area contributed by atoms with Gasteiger partial charge in [-0.3, -0.25) is 14.9 Å². The van der Waals surface area contributed by atoms with E-state index in [-0.39, 0.29) is 16.2 Å². The van der Waals surface area contributed by atoms with Gasteiger partial charge in [0.2, 0.25) is 10.0 Å². The number of nitriles is 1. The predicted octanol–water partition coefficient (Wildman–Crippen LogP) is 3.52. The fourth-order valence-corrected chi connectivity index (χ4v) is 4.04. The number of nitro groups is 1. The number of nitrogens with zero attached hydrogens (tertiary/aromatic N) is 2. The number of primary sulfonamides is 1. The lowest BCUT2D eigenvalue weighted by molar-refractivity contribution is -0.384. The number of non-ortho nitro benzene ring substituents is 1. The number of anilines is 1. The number of sulfonamides is 1. The number of benzene rings is 2. The molecule has 0 saturated heterocycles. The third kappa shape index (κ3) is 5.40. The molecule has 3 N–H and O–H groups in total. The largest absolute Gasteiger partial charge is 0.321 e. The summed E-state index contributed by atoms with van der Waals surface area (Å²) in [5.74, 6) is -0.670. The first-order valence-electron chi connectivity index (χ1n) is 8.58. The highest BCUT2D eigenvalue weighted by Crippen LogP contribution is 2.31. The highest BCUT2D eigenvalue weighted by Gasteiger charge is 2.13. The van der Waals surface area contributed by atoms with Crippen LogP contribution < -0.4 is 10.5 Å². The number of nitrogens with two attached hydrogens (primary N) is 1. The molecule has 31 heavy (non-hydrogen) atoms. The van der Waals surface area contributed by atoms with E-state index in [0.717, 1.165) is 4.88 Å². The minimum Gasteiger partial charge on any atom is -0.321 e. The summed E-state index contributed by atoms with van der Waals surface area (Å²) >= 11 is 1.27. The summed E-state index contributed by atoms with van der Waals surface area (Å²) in [6.45, 7) is 0. The van der Waals surface area contributed by atoms with Crippen molar-refractivity contribution in [3.63, 3.8) is 0 Å². The zero-order chi connectivity index (χ0) is 22.6. The summed E-state index contributed by atoms with van der Waals surface area (Å²) in [6.07, 6.45) is 1.40. The van der Waals surface area contributed by atoms with Crippen LogP contribution in [0.15, 0.2) is 71.1 Å². The Labute approximate surface area is 181 Å². The van der Waals surface area contributed by atoms with Gasteiger partial charge in [-0.05, 0) is 48.0 Å². The number of nitro benzene ring substituents is 1.